The van der Waals surface area contributed by atoms with Crippen LogP contribution in [0, 0.1) is 0 Å². The lowest BCUT2D eigenvalue weighted by molar-refractivity contribution is -0.248. The average Bonchev–Trinajstić information content (AvgIpc) is 2.18. The van der Waals surface area contributed by atoms with Crippen LogP contribution in [-0.4, -0.2) is 63.9 Å². The molecule has 0 bridgehead atoms. The summed E-state index contributed by atoms with van der Waals surface area (Å²) in [6, 6.07) is -0.905. The monoisotopic (exact) mass is 205 g/mol. The molecule has 6 heteroatoms. The fraction of sp³-hybridized carbons (Fsp3) is 0.875. The van der Waals surface area contributed by atoms with Gasteiger partial charge in [0.05, 0.1) is 6.61 Å². The van der Waals surface area contributed by atoms with Crippen molar-refractivity contribution >= 4 is 6.21 Å². The van der Waals surface area contributed by atoms with Crippen LogP contribution in [0.25, 0.3) is 0 Å². The molecule has 0 aromatic carbocycles. The summed E-state index contributed by atoms with van der Waals surface area (Å²) in [6.07, 6.45) is -3.33. The van der Waals surface area contributed by atoms with Gasteiger partial charge in [0.2, 0.25) is 0 Å². The van der Waals surface area contributed by atoms with Gasteiger partial charge in [-0.3, -0.25) is 4.99 Å². The van der Waals surface area contributed by atoms with E-state index in [0.29, 0.717) is 0 Å². The highest BCUT2D eigenvalue weighted by molar-refractivity contribution is 5.53. The molecule has 1 aliphatic rings. The molecule has 1 rings (SSSR count). The Labute approximate surface area is 81.5 Å². The zero-order chi connectivity index (χ0) is 10.7. The van der Waals surface area contributed by atoms with E-state index >= 15 is 0 Å². The van der Waals surface area contributed by atoms with Gasteiger partial charge in [0.15, 0.2) is 6.29 Å². The number of nitrogens with zero attached hydrogens (tertiary/aromatic N) is 1. The van der Waals surface area contributed by atoms with Crippen molar-refractivity contribution in [3.8, 4) is 0 Å². The maximum atomic E-state index is 9.53. The average molecular weight is 205 g/mol. The van der Waals surface area contributed by atoms with Gasteiger partial charge in [0.25, 0.3) is 0 Å². The zero-order valence-corrected chi connectivity index (χ0v) is 7.82. The van der Waals surface area contributed by atoms with Gasteiger partial charge in [0.1, 0.15) is 24.4 Å². The molecule has 6 nitrogen and oxygen atoms in total. The van der Waals surface area contributed by atoms with E-state index < -0.39 is 37.3 Å². The minimum Gasteiger partial charge on any atom is -0.394 e. The molecular weight excluding hydrogens is 190 g/mol. The van der Waals surface area contributed by atoms with Gasteiger partial charge in [-0.05, 0) is 13.1 Å². The third-order valence-corrected chi connectivity index (χ3v) is 2.19. The molecule has 14 heavy (non-hydrogen) atoms. The minimum atomic E-state index is -1.30. The number of aliphatic imine (C=N–C) groups is 1. The largest absolute Gasteiger partial charge is 0.394 e. The maximum absolute atomic E-state index is 9.53. The summed E-state index contributed by atoms with van der Waals surface area (Å²) in [7, 11) is 0. The van der Waals surface area contributed by atoms with Crippen LogP contribution in [0.4, 0.5) is 0 Å². The van der Waals surface area contributed by atoms with Crippen molar-refractivity contribution in [1.29, 1.82) is 0 Å². The van der Waals surface area contributed by atoms with Gasteiger partial charge in [-0.15, -0.1) is 0 Å². The second-order valence-corrected chi connectivity index (χ2v) is 3.13. The maximum Gasteiger partial charge on any atom is 0.180 e. The van der Waals surface area contributed by atoms with Crippen LogP contribution in [0.15, 0.2) is 4.99 Å². The Balaban J connectivity index is 2.73. The molecule has 1 heterocycles. The standard InChI is InChI=1S/C8H15NO5/c1-2-9-5-7(12)6(11)4(3-10)14-8(5)13/h2,4-8,10-13H,3H2,1H3/t4-,5-,6-,7-,8-/m1/s1. The Morgan fingerprint density at radius 2 is 1.93 bits per heavy atom. The van der Waals surface area contributed by atoms with E-state index in [9.17, 15) is 15.3 Å². The van der Waals surface area contributed by atoms with Gasteiger partial charge < -0.3 is 25.2 Å². The highest BCUT2D eigenvalue weighted by atomic mass is 16.6. The molecule has 0 radical (unpaired) electrons. The van der Waals surface area contributed by atoms with Crippen molar-refractivity contribution < 1.29 is 25.2 Å². The molecule has 0 unspecified atom stereocenters. The Bertz CT molecular complexity index is 210. The summed E-state index contributed by atoms with van der Waals surface area (Å²) in [5.74, 6) is 0. The van der Waals surface area contributed by atoms with Crippen LogP contribution < -0.4 is 0 Å². The topological polar surface area (TPSA) is 103 Å². The number of aliphatic hydroxyl groups excluding tert-OH is 4. The van der Waals surface area contributed by atoms with E-state index in [0.717, 1.165) is 0 Å². The van der Waals surface area contributed by atoms with Gasteiger partial charge in [-0.25, -0.2) is 0 Å². The van der Waals surface area contributed by atoms with E-state index in [1.807, 2.05) is 0 Å². The molecule has 1 fully saturated rings. The highest BCUT2D eigenvalue weighted by Gasteiger charge is 2.43. The summed E-state index contributed by atoms with van der Waals surface area (Å²) >= 11 is 0. The number of aliphatic hydroxyl groups is 4. The van der Waals surface area contributed by atoms with E-state index in [2.05, 4.69) is 4.99 Å². The second-order valence-electron chi connectivity index (χ2n) is 3.13. The second kappa shape index (κ2) is 4.81. The van der Waals surface area contributed by atoms with E-state index in [1.54, 1.807) is 6.92 Å². The SMILES string of the molecule is CC=N[C@@H]1[C@@H](O)[C@H](O)[C@@H](CO)O[C@H]1O. The summed E-state index contributed by atoms with van der Waals surface area (Å²) < 4.78 is 4.87. The molecule has 0 spiro atoms. The van der Waals surface area contributed by atoms with Gasteiger partial charge in [-0.2, -0.15) is 0 Å². The van der Waals surface area contributed by atoms with Crippen LogP contribution in [0.3, 0.4) is 0 Å². The highest BCUT2D eigenvalue weighted by Crippen LogP contribution is 2.21. The Hall–Kier alpha value is -0.530. The first-order valence-electron chi connectivity index (χ1n) is 4.40. The third kappa shape index (κ3) is 2.10. The normalized spacial score (nSPS) is 44.5. The lowest BCUT2D eigenvalue weighted by Crippen LogP contribution is -2.57. The quantitative estimate of drug-likeness (QED) is 0.386. The molecule has 0 saturated carbocycles. The van der Waals surface area contributed by atoms with Crippen molar-refractivity contribution in [2.45, 2.75) is 37.6 Å². The molecule has 0 amide bonds. The van der Waals surface area contributed by atoms with Crippen molar-refractivity contribution in [1.82, 2.24) is 0 Å². The van der Waals surface area contributed by atoms with E-state index in [4.69, 9.17) is 9.84 Å². The van der Waals surface area contributed by atoms with Gasteiger partial charge in [-0.1, -0.05) is 0 Å². The summed E-state index contributed by atoms with van der Waals surface area (Å²) in [5.41, 5.74) is 0. The molecule has 82 valence electrons. The summed E-state index contributed by atoms with van der Waals surface area (Å²) in [5, 5.41) is 37.1. The third-order valence-electron chi connectivity index (χ3n) is 2.19. The van der Waals surface area contributed by atoms with Crippen LogP contribution in [0.1, 0.15) is 6.92 Å². The Morgan fingerprint density at radius 1 is 1.29 bits per heavy atom. The van der Waals surface area contributed by atoms with Crippen LogP contribution in [-0.2, 0) is 4.74 Å². The summed E-state index contributed by atoms with van der Waals surface area (Å²) in [4.78, 5) is 3.77. The molecule has 5 atom stereocenters. The van der Waals surface area contributed by atoms with Gasteiger partial charge in [0, 0.05) is 0 Å². The number of rotatable bonds is 2. The van der Waals surface area contributed by atoms with E-state index in [1.165, 1.54) is 6.21 Å². The smallest absolute Gasteiger partial charge is 0.180 e. The first-order chi connectivity index (χ1) is 6.61. The fourth-order valence-corrected chi connectivity index (χ4v) is 1.42. The first-order valence-corrected chi connectivity index (χ1v) is 4.40. The predicted octanol–water partition coefficient (Wildman–Crippen LogP) is -2.12. The fourth-order valence-electron chi connectivity index (χ4n) is 1.42. The predicted molar refractivity (Wildman–Crippen MR) is 47.9 cm³/mol. The Kier molecular flexibility index (Phi) is 3.97. The molecule has 1 aliphatic heterocycles. The summed E-state index contributed by atoms with van der Waals surface area (Å²) in [6.45, 7) is 1.17. The minimum absolute atomic E-state index is 0.460. The molecule has 0 aliphatic carbocycles. The van der Waals surface area contributed by atoms with Crippen molar-refractivity contribution in [3.63, 3.8) is 0 Å². The zero-order valence-electron chi connectivity index (χ0n) is 7.82. The van der Waals surface area contributed by atoms with Crippen molar-refractivity contribution in [3.05, 3.63) is 0 Å². The number of hydrogen-bond acceptors (Lipinski definition) is 6. The van der Waals surface area contributed by atoms with Crippen LogP contribution in [0.2, 0.25) is 0 Å². The molecule has 0 aromatic heterocycles. The van der Waals surface area contributed by atoms with Crippen molar-refractivity contribution in [2.75, 3.05) is 6.61 Å². The van der Waals surface area contributed by atoms with Gasteiger partial charge >= 0.3 is 0 Å². The van der Waals surface area contributed by atoms with Crippen molar-refractivity contribution in [2.24, 2.45) is 4.99 Å². The first kappa shape index (κ1) is 11.5. The number of ether oxygens (including phenoxy) is 1. The molecular formula is C8H15NO5. The lowest BCUT2D eigenvalue weighted by Gasteiger charge is -2.38. The molecule has 1 saturated heterocycles. The van der Waals surface area contributed by atoms with Crippen LogP contribution in [0.5, 0.6) is 0 Å². The van der Waals surface area contributed by atoms with E-state index in [-0.39, 0.29) is 0 Å². The molecule has 0 aromatic rings. The van der Waals surface area contributed by atoms with Crippen LogP contribution >= 0.6 is 0 Å². The Morgan fingerprint density at radius 3 is 2.43 bits per heavy atom. The lowest BCUT2D eigenvalue weighted by atomic mass is 9.98. The molecule has 4 N–H and O–H groups in total. The number of hydrogen-bond donors (Lipinski definition) is 4.